The molecule has 1 atom stereocenters. The first-order valence-electron chi connectivity index (χ1n) is 5.75. The predicted molar refractivity (Wildman–Crippen MR) is 81.8 cm³/mol. The third kappa shape index (κ3) is 3.06. The molecule has 0 aliphatic carbocycles. The molecular weight excluding hydrogens is 310 g/mol. The Labute approximate surface area is 120 Å². The van der Waals surface area contributed by atoms with Gasteiger partial charge in [-0.15, -0.1) is 11.3 Å². The Bertz CT molecular complexity index is 538. The van der Waals surface area contributed by atoms with Gasteiger partial charge < -0.3 is 10.1 Å². The van der Waals surface area contributed by atoms with Crippen LogP contribution in [0.15, 0.2) is 34.1 Å². The van der Waals surface area contributed by atoms with Crippen LogP contribution in [0, 0.1) is 6.92 Å². The van der Waals surface area contributed by atoms with Crippen molar-refractivity contribution in [1.29, 1.82) is 0 Å². The summed E-state index contributed by atoms with van der Waals surface area (Å²) in [6.45, 7) is 4.23. The highest BCUT2D eigenvalue weighted by molar-refractivity contribution is 9.10. The van der Waals surface area contributed by atoms with Gasteiger partial charge in [0.05, 0.1) is 18.8 Å². The number of benzene rings is 1. The summed E-state index contributed by atoms with van der Waals surface area (Å²) in [6.07, 6.45) is 0. The highest BCUT2D eigenvalue weighted by atomic mass is 79.9. The van der Waals surface area contributed by atoms with Crippen molar-refractivity contribution in [3.05, 3.63) is 44.6 Å². The molecule has 1 N–H and O–H groups in total. The van der Waals surface area contributed by atoms with E-state index in [2.05, 4.69) is 58.7 Å². The van der Waals surface area contributed by atoms with Crippen LogP contribution in [-0.4, -0.2) is 7.11 Å². The molecule has 0 aliphatic heterocycles. The zero-order valence-electron chi connectivity index (χ0n) is 10.7. The van der Waals surface area contributed by atoms with Crippen molar-refractivity contribution in [1.82, 2.24) is 0 Å². The first kappa shape index (κ1) is 13.4. The Balaban J connectivity index is 2.20. The van der Waals surface area contributed by atoms with E-state index in [0.29, 0.717) is 0 Å². The first-order chi connectivity index (χ1) is 8.60. The molecule has 0 radical (unpaired) electrons. The molecule has 1 aromatic carbocycles. The van der Waals surface area contributed by atoms with Gasteiger partial charge in [0.1, 0.15) is 5.75 Å². The molecule has 0 amide bonds. The topological polar surface area (TPSA) is 21.3 Å². The number of hydrogen-bond acceptors (Lipinski definition) is 3. The van der Waals surface area contributed by atoms with E-state index in [-0.39, 0.29) is 6.04 Å². The lowest BCUT2D eigenvalue weighted by Gasteiger charge is -2.17. The van der Waals surface area contributed by atoms with Crippen molar-refractivity contribution in [2.45, 2.75) is 19.9 Å². The number of halogens is 1. The van der Waals surface area contributed by atoms with E-state index in [0.717, 1.165) is 15.9 Å². The Morgan fingerprint density at radius 1 is 1.33 bits per heavy atom. The smallest absolute Gasteiger partial charge is 0.141 e. The summed E-state index contributed by atoms with van der Waals surface area (Å²) in [7, 11) is 1.70. The summed E-state index contributed by atoms with van der Waals surface area (Å²) < 4.78 is 6.51. The van der Waals surface area contributed by atoms with Crippen LogP contribution in [0.25, 0.3) is 0 Å². The third-order valence-electron chi connectivity index (χ3n) is 2.74. The summed E-state index contributed by atoms with van der Waals surface area (Å²) in [5.41, 5.74) is 2.26. The number of hydrogen-bond donors (Lipinski definition) is 1. The van der Waals surface area contributed by atoms with Crippen LogP contribution in [0.1, 0.15) is 23.4 Å². The Kier molecular flexibility index (Phi) is 4.30. The first-order valence-corrected chi connectivity index (χ1v) is 7.42. The molecular formula is C14H16BrNOS. The predicted octanol–water partition coefficient (Wildman–Crippen LogP) is 5.00. The Hall–Kier alpha value is -1.000. The van der Waals surface area contributed by atoms with Crippen LogP contribution >= 0.6 is 27.3 Å². The van der Waals surface area contributed by atoms with Crippen LogP contribution in [0.4, 0.5) is 5.69 Å². The fourth-order valence-corrected chi connectivity index (χ4v) is 3.25. The van der Waals surface area contributed by atoms with E-state index in [9.17, 15) is 0 Å². The van der Waals surface area contributed by atoms with Crippen LogP contribution < -0.4 is 10.1 Å². The third-order valence-corrected chi connectivity index (χ3v) is 4.62. The van der Waals surface area contributed by atoms with Gasteiger partial charge in [0.2, 0.25) is 0 Å². The zero-order chi connectivity index (χ0) is 13.1. The molecule has 1 heterocycles. The lowest BCUT2D eigenvalue weighted by Crippen LogP contribution is -2.06. The van der Waals surface area contributed by atoms with E-state index in [1.807, 2.05) is 6.07 Å². The van der Waals surface area contributed by atoms with E-state index in [1.54, 1.807) is 18.4 Å². The summed E-state index contributed by atoms with van der Waals surface area (Å²) in [4.78, 5) is 1.30. The number of ether oxygens (including phenoxy) is 1. The molecule has 1 unspecified atom stereocenters. The summed E-state index contributed by atoms with van der Waals surface area (Å²) in [6, 6.07) is 8.56. The Morgan fingerprint density at radius 3 is 2.72 bits per heavy atom. The van der Waals surface area contributed by atoms with Crippen molar-refractivity contribution >= 4 is 33.0 Å². The fraction of sp³-hybridized carbons (Fsp3) is 0.286. The highest BCUT2D eigenvalue weighted by Crippen LogP contribution is 2.32. The van der Waals surface area contributed by atoms with Gasteiger partial charge >= 0.3 is 0 Å². The number of rotatable bonds is 4. The molecule has 0 saturated heterocycles. The molecule has 2 rings (SSSR count). The maximum Gasteiger partial charge on any atom is 0.141 e. The molecule has 0 bridgehead atoms. The zero-order valence-corrected chi connectivity index (χ0v) is 13.1. The Morgan fingerprint density at radius 2 is 2.11 bits per heavy atom. The number of thiophene rings is 1. The molecule has 0 spiro atoms. The lowest BCUT2D eigenvalue weighted by molar-refractivity contribution is 0.416. The van der Waals surface area contributed by atoms with Gasteiger partial charge in [-0.05, 0) is 53.5 Å². The molecule has 96 valence electrons. The monoisotopic (exact) mass is 325 g/mol. The van der Waals surface area contributed by atoms with Gasteiger partial charge in [-0.2, -0.15) is 0 Å². The van der Waals surface area contributed by atoms with Gasteiger partial charge in [0, 0.05) is 14.7 Å². The van der Waals surface area contributed by atoms with E-state index < -0.39 is 0 Å². The van der Waals surface area contributed by atoms with Crippen molar-refractivity contribution in [2.75, 3.05) is 12.4 Å². The van der Waals surface area contributed by atoms with Crippen LogP contribution in [0.2, 0.25) is 0 Å². The quantitative estimate of drug-likeness (QED) is 0.853. The maximum atomic E-state index is 5.37. The molecule has 0 fully saturated rings. The van der Waals surface area contributed by atoms with Gasteiger partial charge in [-0.1, -0.05) is 6.07 Å². The van der Waals surface area contributed by atoms with Crippen molar-refractivity contribution in [3.63, 3.8) is 0 Å². The highest BCUT2D eigenvalue weighted by Gasteiger charge is 2.10. The van der Waals surface area contributed by atoms with E-state index >= 15 is 0 Å². The second kappa shape index (κ2) is 5.76. The van der Waals surface area contributed by atoms with Crippen molar-refractivity contribution in [2.24, 2.45) is 0 Å². The van der Waals surface area contributed by atoms with E-state index in [1.165, 1.54) is 10.4 Å². The molecule has 1 aromatic heterocycles. The minimum absolute atomic E-state index is 0.261. The SMILES string of the molecule is COc1ccc(C)cc1NC(C)c1cc(Br)cs1. The van der Waals surface area contributed by atoms with Gasteiger partial charge in [0.25, 0.3) is 0 Å². The molecule has 0 saturated carbocycles. The molecule has 18 heavy (non-hydrogen) atoms. The summed E-state index contributed by atoms with van der Waals surface area (Å²) in [5.74, 6) is 0.878. The van der Waals surface area contributed by atoms with E-state index in [4.69, 9.17) is 4.74 Å². The second-order valence-corrected chi connectivity index (χ2v) is 6.10. The van der Waals surface area contributed by atoms with Gasteiger partial charge in [-0.25, -0.2) is 0 Å². The van der Waals surface area contributed by atoms with Crippen LogP contribution in [0.5, 0.6) is 5.75 Å². The molecule has 2 nitrogen and oxygen atoms in total. The number of aryl methyl sites for hydroxylation is 1. The van der Waals surface area contributed by atoms with Crippen LogP contribution in [-0.2, 0) is 0 Å². The normalized spacial score (nSPS) is 12.2. The largest absolute Gasteiger partial charge is 0.495 e. The number of anilines is 1. The lowest BCUT2D eigenvalue weighted by atomic mass is 10.2. The second-order valence-electron chi connectivity index (χ2n) is 4.24. The summed E-state index contributed by atoms with van der Waals surface area (Å²) in [5, 5.41) is 5.59. The molecule has 2 aromatic rings. The molecule has 4 heteroatoms. The van der Waals surface area contributed by atoms with Gasteiger partial charge in [0.15, 0.2) is 0 Å². The van der Waals surface area contributed by atoms with Crippen molar-refractivity contribution in [3.8, 4) is 5.75 Å². The number of methoxy groups -OCH3 is 1. The average Bonchev–Trinajstić information content (AvgIpc) is 2.76. The maximum absolute atomic E-state index is 5.37. The fourth-order valence-electron chi connectivity index (χ4n) is 1.79. The van der Waals surface area contributed by atoms with Crippen LogP contribution in [0.3, 0.4) is 0 Å². The number of nitrogens with one attached hydrogen (secondary N) is 1. The minimum Gasteiger partial charge on any atom is -0.495 e. The van der Waals surface area contributed by atoms with Crippen molar-refractivity contribution < 1.29 is 4.74 Å². The standard InChI is InChI=1S/C14H16BrNOS/c1-9-4-5-13(17-3)12(6-9)16-10(2)14-7-11(15)8-18-14/h4-8,10,16H,1-3H3. The summed E-state index contributed by atoms with van der Waals surface area (Å²) >= 11 is 5.23. The molecule has 0 aliphatic rings. The minimum atomic E-state index is 0.261. The van der Waals surface area contributed by atoms with Gasteiger partial charge in [-0.3, -0.25) is 0 Å². The average molecular weight is 326 g/mol.